The van der Waals surface area contributed by atoms with Crippen molar-refractivity contribution >= 4 is 23.2 Å². The molecule has 3 aliphatic heterocycles. The number of carbonyl (C=O) groups excluding carboxylic acids is 2. The second-order valence-corrected chi connectivity index (χ2v) is 10.6. The monoisotopic (exact) mass is 488 g/mol. The molecular formula is C30H40N4O2. The maximum atomic E-state index is 13.5. The van der Waals surface area contributed by atoms with Crippen LogP contribution in [-0.2, 0) is 9.59 Å². The summed E-state index contributed by atoms with van der Waals surface area (Å²) >= 11 is 0. The van der Waals surface area contributed by atoms with E-state index < -0.39 is 0 Å². The van der Waals surface area contributed by atoms with Gasteiger partial charge < -0.3 is 0 Å². The van der Waals surface area contributed by atoms with E-state index in [4.69, 9.17) is 0 Å². The van der Waals surface area contributed by atoms with Crippen LogP contribution in [0.2, 0.25) is 0 Å². The topological polar surface area (TPSA) is 47.1 Å². The molecule has 36 heavy (non-hydrogen) atoms. The molecule has 2 aromatic carbocycles. The van der Waals surface area contributed by atoms with Gasteiger partial charge in [0.25, 0.3) is 0 Å². The van der Waals surface area contributed by atoms with E-state index in [2.05, 4.69) is 37.5 Å². The Morgan fingerprint density at radius 3 is 1.17 bits per heavy atom. The summed E-state index contributed by atoms with van der Waals surface area (Å²) in [5.74, 6) is 0.504. The number of benzene rings is 2. The Bertz CT molecular complexity index is 985. The third kappa shape index (κ3) is 3.45. The lowest BCUT2D eigenvalue weighted by molar-refractivity contribution is -0.157. The minimum absolute atomic E-state index is 0.0832. The second-order valence-electron chi connectivity index (χ2n) is 10.6. The molecule has 6 heteroatoms. The van der Waals surface area contributed by atoms with E-state index in [0.29, 0.717) is 0 Å². The maximum Gasteiger partial charge on any atom is 0.238 e. The van der Waals surface area contributed by atoms with Crippen molar-refractivity contribution in [3.8, 4) is 0 Å². The van der Waals surface area contributed by atoms with Crippen molar-refractivity contribution in [3.63, 3.8) is 0 Å². The Balaban J connectivity index is 1.38. The number of para-hydroxylation sites is 2. The van der Waals surface area contributed by atoms with Crippen molar-refractivity contribution in [2.75, 3.05) is 36.0 Å². The first-order valence-electron chi connectivity index (χ1n) is 13.7. The molecule has 0 radical (unpaired) electrons. The maximum absolute atomic E-state index is 13.5. The van der Waals surface area contributed by atoms with Crippen LogP contribution in [0, 0.1) is 10.8 Å². The fraction of sp³-hybridized carbons (Fsp3) is 0.533. The van der Waals surface area contributed by atoms with Crippen molar-refractivity contribution < 1.29 is 9.59 Å². The van der Waals surface area contributed by atoms with Gasteiger partial charge in [0.15, 0.2) is 0 Å². The zero-order chi connectivity index (χ0) is 25.5. The summed E-state index contributed by atoms with van der Waals surface area (Å²) in [4.78, 5) is 36.0. The van der Waals surface area contributed by atoms with Crippen molar-refractivity contribution in [3.05, 3.63) is 60.7 Å². The highest BCUT2D eigenvalue weighted by Crippen LogP contribution is 2.51. The number of piperazine rings is 1. The number of β-lactam (4-membered cyclic amide) rings is 2. The van der Waals surface area contributed by atoms with E-state index in [1.165, 1.54) is 0 Å². The molecule has 0 aliphatic carbocycles. The van der Waals surface area contributed by atoms with Gasteiger partial charge in [-0.3, -0.25) is 29.2 Å². The average Bonchev–Trinajstić information content (AvgIpc) is 2.93. The number of nitrogens with zero attached hydrogens (tertiary/aromatic N) is 4. The molecule has 0 spiro atoms. The summed E-state index contributed by atoms with van der Waals surface area (Å²) in [7, 11) is 0. The van der Waals surface area contributed by atoms with Crippen LogP contribution in [0.1, 0.15) is 53.4 Å². The molecule has 6 nitrogen and oxygen atoms in total. The zero-order valence-electron chi connectivity index (χ0n) is 22.2. The molecule has 0 aromatic heterocycles. The summed E-state index contributed by atoms with van der Waals surface area (Å²) < 4.78 is 0. The van der Waals surface area contributed by atoms with Gasteiger partial charge in [-0.2, -0.15) is 0 Å². The third-order valence-electron chi connectivity index (χ3n) is 9.40. The molecule has 192 valence electrons. The first-order chi connectivity index (χ1) is 17.5. The molecule has 2 amide bonds. The van der Waals surface area contributed by atoms with Gasteiger partial charge >= 0.3 is 0 Å². The van der Waals surface area contributed by atoms with Crippen LogP contribution in [0.15, 0.2) is 60.7 Å². The summed E-state index contributed by atoms with van der Waals surface area (Å²) in [6, 6.07) is 20.2. The first-order valence-corrected chi connectivity index (χ1v) is 13.7. The quantitative estimate of drug-likeness (QED) is 0.493. The SMILES string of the molecule is CCC1(CC)C(=O)N(c2ccccc2)C1N1CCN(C2N(c3ccccc3)C(=O)C2(CC)CC)CC1. The number of rotatable bonds is 8. The number of hydrogen-bond acceptors (Lipinski definition) is 4. The van der Waals surface area contributed by atoms with E-state index in [0.717, 1.165) is 63.2 Å². The van der Waals surface area contributed by atoms with Gasteiger partial charge in [0, 0.05) is 37.6 Å². The van der Waals surface area contributed by atoms with Crippen LogP contribution >= 0.6 is 0 Å². The van der Waals surface area contributed by atoms with Crippen LogP contribution in [0.3, 0.4) is 0 Å². The van der Waals surface area contributed by atoms with Crippen molar-refractivity contribution in [1.29, 1.82) is 0 Å². The molecule has 3 heterocycles. The number of hydrogen-bond donors (Lipinski definition) is 0. The summed E-state index contributed by atoms with van der Waals surface area (Å²) in [6.07, 6.45) is 3.57. The smallest absolute Gasteiger partial charge is 0.238 e. The fourth-order valence-corrected chi connectivity index (χ4v) is 7.07. The van der Waals surface area contributed by atoms with Gasteiger partial charge in [-0.15, -0.1) is 0 Å². The Kier molecular flexibility index (Phi) is 6.69. The number of amides is 2. The minimum Gasteiger partial charge on any atom is -0.294 e. The largest absolute Gasteiger partial charge is 0.294 e. The average molecular weight is 489 g/mol. The lowest BCUT2D eigenvalue weighted by atomic mass is 9.68. The molecule has 3 fully saturated rings. The Hall–Kier alpha value is -2.70. The molecule has 2 atom stereocenters. The molecule has 0 N–H and O–H groups in total. The normalized spacial score (nSPS) is 26.0. The summed E-state index contributed by atoms with van der Waals surface area (Å²) in [6.45, 7) is 12.2. The Morgan fingerprint density at radius 1 is 0.583 bits per heavy atom. The molecule has 5 rings (SSSR count). The highest BCUT2D eigenvalue weighted by molar-refractivity contribution is 6.06. The van der Waals surface area contributed by atoms with Crippen LogP contribution in [0.25, 0.3) is 0 Å². The highest BCUT2D eigenvalue weighted by Gasteiger charge is 2.63. The second kappa shape index (κ2) is 9.64. The Morgan fingerprint density at radius 2 is 0.889 bits per heavy atom. The van der Waals surface area contributed by atoms with Crippen LogP contribution in [0.5, 0.6) is 0 Å². The van der Waals surface area contributed by atoms with Crippen LogP contribution in [0.4, 0.5) is 11.4 Å². The fourth-order valence-electron chi connectivity index (χ4n) is 7.07. The van der Waals surface area contributed by atoms with Gasteiger partial charge in [-0.05, 0) is 49.9 Å². The lowest BCUT2D eigenvalue weighted by Crippen LogP contribution is -2.79. The molecular weight excluding hydrogens is 448 g/mol. The van der Waals surface area contributed by atoms with Gasteiger partial charge in [0.05, 0.1) is 10.8 Å². The third-order valence-corrected chi connectivity index (χ3v) is 9.40. The molecule has 2 aromatic rings. The highest BCUT2D eigenvalue weighted by atomic mass is 16.2. The van der Waals surface area contributed by atoms with Gasteiger partial charge in [-0.25, -0.2) is 0 Å². The zero-order valence-corrected chi connectivity index (χ0v) is 22.2. The molecule has 2 unspecified atom stereocenters. The predicted octanol–water partition coefficient (Wildman–Crippen LogP) is 4.96. The van der Waals surface area contributed by atoms with Crippen molar-refractivity contribution in [2.24, 2.45) is 10.8 Å². The number of anilines is 2. The van der Waals surface area contributed by atoms with E-state index in [1.54, 1.807) is 0 Å². The van der Waals surface area contributed by atoms with Crippen LogP contribution < -0.4 is 9.80 Å². The molecule has 0 bridgehead atoms. The van der Waals surface area contributed by atoms with E-state index >= 15 is 0 Å². The summed E-state index contributed by atoms with van der Waals surface area (Å²) in [5.41, 5.74) is 1.33. The van der Waals surface area contributed by atoms with E-state index in [9.17, 15) is 9.59 Å². The molecule has 3 saturated heterocycles. The Labute approximate surface area is 215 Å². The lowest BCUT2D eigenvalue weighted by Gasteiger charge is -2.63. The van der Waals surface area contributed by atoms with Gasteiger partial charge in [0.1, 0.15) is 12.3 Å². The summed E-state index contributed by atoms with van der Waals surface area (Å²) in [5, 5.41) is 0. The minimum atomic E-state index is -0.322. The van der Waals surface area contributed by atoms with Crippen molar-refractivity contribution in [2.45, 2.75) is 65.7 Å². The standard InChI is InChI=1S/C30H40N4O2/c1-5-29(6-2)25(33(27(29)35)23-15-11-9-12-16-23)31-19-21-32(22-20-31)26-30(7-3,8-4)28(36)34(26)24-17-13-10-14-18-24/h9-18,25-26H,5-8,19-22H2,1-4H3. The predicted molar refractivity (Wildman–Crippen MR) is 145 cm³/mol. The van der Waals surface area contributed by atoms with E-state index in [-0.39, 0.29) is 35.0 Å². The molecule has 3 aliphatic rings. The van der Waals surface area contributed by atoms with Crippen LogP contribution in [-0.4, -0.2) is 60.1 Å². The van der Waals surface area contributed by atoms with Crippen molar-refractivity contribution in [1.82, 2.24) is 9.80 Å². The van der Waals surface area contributed by atoms with E-state index in [1.807, 2.05) is 70.5 Å². The van der Waals surface area contributed by atoms with Gasteiger partial charge in [-0.1, -0.05) is 64.1 Å². The molecule has 0 saturated carbocycles. The van der Waals surface area contributed by atoms with Gasteiger partial charge in [0.2, 0.25) is 11.8 Å². The number of carbonyl (C=O) groups is 2. The first kappa shape index (κ1) is 25.0.